The third-order valence-corrected chi connectivity index (χ3v) is 5.10. The summed E-state index contributed by atoms with van der Waals surface area (Å²) >= 11 is 0. The van der Waals surface area contributed by atoms with Crippen molar-refractivity contribution in [2.75, 3.05) is 30.8 Å². The van der Waals surface area contributed by atoms with Crippen LogP contribution in [0.3, 0.4) is 0 Å². The van der Waals surface area contributed by atoms with Gasteiger partial charge in [-0.1, -0.05) is 37.3 Å². The Hall–Kier alpha value is -2.74. The van der Waals surface area contributed by atoms with Crippen LogP contribution in [0.4, 0.5) is 17.3 Å². The van der Waals surface area contributed by atoms with Gasteiger partial charge in [0.1, 0.15) is 6.33 Å². The van der Waals surface area contributed by atoms with Crippen LogP contribution in [0.2, 0.25) is 0 Å². The van der Waals surface area contributed by atoms with Crippen molar-refractivity contribution in [2.24, 2.45) is 5.92 Å². The van der Waals surface area contributed by atoms with Crippen LogP contribution in [0.5, 0.6) is 0 Å². The average Bonchev–Trinajstić information content (AvgIpc) is 2.63. The van der Waals surface area contributed by atoms with Gasteiger partial charge in [0.25, 0.3) is 0 Å². The summed E-state index contributed by atoms with van der Waals surface area (Å²) < 4.78 is 0. The number of rotatable bonds is 5. The lowest BCUT2D eigenvalue weighted by Gasteiger charge is -2.42. The molecule has 3 rings (SSSR count). The number of nitrogens with zero attached hydrogens (tertiary/aromatic N) is 5. The lowest BCUT2D eigenvalue weighted by Crippen LogP contribution is -2.51. The number of nitrogens with two attached hydrogens (primary N) is 1. The minimum Gasteiger partial charge on any atom is -0.378 e. The smallest absolute Gasteiger partial charge is 0.353 e. The van der Waals surface area contributed by atoms with Gasteiger partial charge in [-0.25, -0.2) is 9.97 Å². The Bertz CT molecular complexity index is 770. The first-order valence-electron chi connectivity index (χ1n) is 8.71. The number of nitrogen functional groups attached to an aromatic ring is 1. The first-order valence-corrected chi connectivity index (χ1v) is 8.71. The predicted octanol–water partition coefficient (Wildman–Crippen LogP) is 2.31. The van der Waals surface area contributed by atoms with Crippen molar-refractivity contribution < 1.29 is 4.92 Å². The van der Waals surface area contributed by atoms with Gasteiger partial charge in [-0.3, -0.25) is 15.0 Å². The topological polar surface area (TPSA) is 101 Å². The van der Waals surface area contributed by atoms with Crippen LogP contribution in [-0.2, 0) is 6.54 Å². The van der Waals surface area contributed by atoms with Crippen molar-refractivity contribution in [3.8, 4) is 0 Å². The van der Waals surface area contributed by atoms with Gasteiger partial charge in [0.15, 0.2) is 0 Å². The second-order valence-electron chi connectivity index (χ2n) is 6.85. The van der Waals surface area contributed by atoms with E-state index < -0.39 is 4.92 Å². The van der Waals surface area contributed by atoms with E-state index >= 15 is 0 Å². The number of nitro groups is 1. The molecule has 2 atom stereocenters. The van der Waals surface area contributed by atoms with Crippen LogP contribution in [0, 0.1) is 16.0 Å². The van der Waals surface area contributed by atoms with Gasteiger partial charge in [-0.15, -0.1) is 0 Å². The fraction of sp³-hybridized carbons (Fsp3) is 0.444. The number of anilines is 2. The van der Waals surface area contributed by atoms with Crippen molar-refractivity contribution in [3.05, 3.63) is 52.3 Å². The van der Waals surface area contributed by atoms with Gasteiger partial charge < -0.3 is 10.6 Å². The molecule has 1 aliphatic rings. The Balaban J connectivity index is 1.81. The third kappa shape index (κ3) is 3.75. The zero-order chi connectivity index (χ0) is 18.7. The monoisotopic (exact) mass is 356 g/mol. The lowest BCUT2D eigenvalue weighted by molar-refractivity contribution is -0.383. The minimum atomic E-state index is -0.504. The molecule has 1 aromatic heterocycles. The van der Waals surface area contributed by atoms with E-state index in [-0.39, 0.29) is 23.4 Å². The van der Waals surface area contributed by atoms with Gasteiger partial charge in [0.2, 0.25) is 11.6 Å². The molecule has 1 aromatic carbocycles. The lowest BCUT2D eigenvalue weighted by atomic mass is 9.92. The Labute approximate surface area is 152 Å². The van der Waals surface area contributed by atoms with E-state index in [1.807, 2.05) is 30.1 Å². The highest BCUT2D eigenvalue weighted by Crippen LogP contribution is 2.33. The Morgan fingerprint density at radius 2 is 2.08 bits per heavy atom. The molecular weight excluding hydrogens is 332 g/mol. The first kappa shape index (κ1) is 18.1. The van der Waals surface area contributed by atoms with E-state index in [0.29, 0.717) is 5.92 Å². The van der Waals surface area contributed by atoms with Crippen molar-refractivity contribution in [2.45, 2.75) is 25.9 Å². The third-order valence-electron chi connectivity index (χ3n) is 5.10. The zero-order valence-corrected chi connectivity index (χ0v) is 15.1. The summed E-state index contributed by atoms with van der Waals surface area (Å²) in [6.45, 7) is 4.87. The highest BCUT2D eigenvalue weighted by atomic mass is 16.6. The Morgan fingerprint density at radius 3 is 2.77 bits per heavy atom. The highest BCUT2D eigenvalue weighted by Gasteiger charge is 2.34. The summed E-state index contributed by atoms with van der Waals surface area (Å²) in [5.41, 5.74) is 6.77. The number of likely N-dealkylation sites (tertiary alicyclic amines) is 1. The number of piperidine rings is 1. The standard InChI is InChI=1S/C18H24N6O2/c1-13-8-9-23(10-14-6-4-3-5-7-14)11-15(13)22(2)18-16(24(25)26)17(19)20-12-21-18/h3-7,12-13,15H,8-11H2,1-2H3,(H2,19,20,21)/t13-,15+/m1/s1. The molecule has 8 nitrogen and oxygen atoms in total. The van der Waals surface area contributed by atoms with E-state index in [1.54, 1.807) is 0 Å². The number of hydrogen-bond donors (Lipinski definition) is 1. The minimum absolute atomic E-state index is 0.101. The molecule has 0 bridgehead atoms. The van der Waals surface area contributed by atoms with E-state index in [1.165, 1.54) is 11.9 Å². The molecule has 0 unspecified atom stereocenters. The molecule has 8 heteroatoms. The molecule has 26 heavy (non-hydrogen) atoms. The number of hydrogen-bond acceptors (Lipinski definition) is 7. The van der Waals surface area contributed by atoms with Crippen molar-refractivity contribution in [1.82, 2.24) is 14.9 Å². The summed E-state index contributed by atoms with van der Waals surface area (Å²) in [6, 6.07) is 10.4. The largest absolute Gasteiger partial charge is 0.378 e. The van der Waals surface area contributed by atoms with Crippen LogP contribution in [0.25, 0.3) is 0 Å². The summed E-state index contributed by atoms with van der Waals surface area (Å²) in [5.74, 6) is 0.570. The SMILES string of the molecule is C[C@@H]1CCN(Cc2ccccc2)C[C@@H]1N(C)c1ncnc(N)c1[N+](=O)[O-]. The molecule has 1 aliphatic heterocycles. The Morgan fingerprint density at radius 1 is 1.35 bits per heavy atom. The summed E-state index contributed by atoms with van der Waals surface area (Å²) in [6.07, 6.45) is 2.31. The maximum Gasteiger partial charge on any atom is 0.353 e. The van der Waals surface area contributed by atoms with Gasteiger partial charge >= 0.3 is 5.69 Å². The van der Waals surface area contributed by atoms with Gasteiger partial charge in [0, 0.05) is 26.2 Å². The quantitative estimate of drug-likeness (QED) is 0.648. The maximum atomic E-state index is 11.4. The molecule has 0 amide bonds. The predicted molar refractivity (Wildman–Crippen MR) is 101 cm³/mol. The normalized spacial score (nSPS) is 20.7. The van der Waals surface area contributed by atoms with Crippen molar-refractivity contribution in [3.63, 3.8) is 0 Å². The van der Waals surface area contributed by atoms with Crippen LogP contribution in [0.15, 0.2) is 36.7 Å². The number of benzene rings is 1. The zero-order valence-electron chi connectivity index (χ0n) is 15.1. The second kappa shape index (κ2) is 7.65. The average molecular weight is 356 g/mol. The van der Waals surface area contributed by atoms with Gasteiger partial charge in [0.05, 0.1) is 4.92 Å². The molecule has 1 fully saturated rings. The molecule has 2 N–H and O–H groups in total. The van der Waals surface area contributed by atoms with E-state index in [4.69, 9.17) is 5.73 Å². The fourth-order valence-corrected chi connectivity index (χ4v) is 3.58. The maximum absolute atomic E-state index is 11.4. The molecule has 0 saturated carbocycles. The molecule has 138 valence electrons. The van der Waals surface area contributed by atoms with Crippen LogP contribution in [-0.4, -0.2) is 46.0 Å². The summed E-state index contributed by atoms with van der Waals surface area (Å²) in [5, 5.41) is 11.4. The molecular formula is C18H24N6O2. The van der Waals surface area contributed by atoms with Gasteiger partial charge in [-0.2, -0.15) is 0 Å². The summed E-state index contributed by atoms with van der Waals surface area (Å²) in [7, 11) is 1.85. The molecule has 2 heterocycles. The molecule has 1 saturated heterocycles. The fourth-order valence-electron chi connectivity index (χ4n) is 3.58. The number of aromatic nitrogens is 2. The summed E-state index contributed by atoms with van der Waals surface area (Å²) in [4.78, 5) is 23.1. The van der Waals surface area contributed by atoms with Gasteiger partial charge in [-0.05, 0) is 24.4 Å². The van der Waals surface area contributed by atoms with Crippen LogP contribution in [0.1, 0.15) is 18.9 Å². The van der Waals surface area contributed by atoms with E-state index in [9.17, 15) is 10.1 Å². The van der Waals surface area contributed by atoms with Crippen LogP contribution >= 0.6 is 0 Å². The molecule has 0 spiro atoms. The first-order chi connectivity index (χ1) is 12.5. The molecule has 0 aliphatic carbocycles. The molecule has 2 aromatic rings. The van der Waals surface area contributed by atoms with E-state index in [0.717, 1.165) is 26.1 Å². The number of likely N-dealkylation sites (N-methyl/N-ethyl adjacent to an activating group) is 1. The highest BCUT2D eigenvalue weighted by molar-refractivity contribution is 5.68. The van der Waals surface area contributed by atoms with Crippen molar-refractivity contribution >= 4 is 17.3 Å². The Kier molecular flexibility index (Phi) is 5.32. The second-order valence-corrected chi connectivity index (χ2v) is 6.85. The van der Waals surface area contributed by atoms with Crippen LogP contribution < -0.4 is 10.6 Å². The van der Waals surface area contributed by atoms with E-state index in [2.05, 4.69) is 33.9 Å². The molecule has 0 radical (unpaired) electrons. The van der Waals surface area contributed by atoms with Crippen molar-refractivity contribution in [1.29, 1.82) is 0 Å².